The maximum absolute atomic E-state index is 11.5. The Morgan fingerprint density at radius 2 is 1.20 bits per heavy atom. The van der Waals surface area contributed by atoms with Gasteiger partial charge in [0.15, 0.2) is 0 Å². The predicted octanol–water partition coefficient (Wildman–Crippen LogP) is 5.36. The van der Waals surface area contributed by atoms with Crippen LogP contribution >= 0.6 is 0 Å². The summed E-state index contributed by atoms with van der Waals surface area (Å²) < 4.78 is 0. The first-order chi connectivity index (χ1) is 20.8. The number of rotatable bonds is 8. The number of hydrogen-bond acceptors (Lipinski definition) is 6. The van der Waals surface area contributed by atoms with E-state index in [9.17, 15) is 30.0 Å². The molecule has 5 heterocycles. The maximum Gasteiger partial charge on any atom is 2.00 e. The molecule has 4 N–H and O–H groups in total. The summed E-state index contributed by atoms with van der Waals surface area (Å²) >= 11 is 0. The number of aryl methyl sites for hydroxylation is 3. The molecule has 2 unspecified atom stereocenters. The van der Waals surface area contributed by atoms with E-state index in [1.807, 2.05) is 39.8 Å². The van der Waals surface area contributed by atoms with Gasteiger partial charge in [-0.05, 0) is 76.7 Å². The molecule has 0 fully saturated rings. The van der Waals surface area contributed by atoms with Crippen LogP contribution in [0.25, 0.3) is 44.4 Å². The number of aliphatic hydroxyl groups excluding tert-OH is 2. The molecule has 0 amide bonds. The summed E-state index contributed by atoms with van der Waals surface area (Å²) in [6.07, 6.45) is -1.32. The van der Waals surface area contributed by atoms with Crippen molar-refractivity contribution in [3.63, 3.8) is 0 Å². The number of aliphatic carboxylic acids is 2. The predicted molar refractivity (Wildman–Crippen MR) is 169 cm³/mol. The van der Waals surface area contributed by atoms with E-state index in [1.165, 1.54) is 0 Å². The molecular formula is C34H36N4O6Pd. The summed E-state index contributed by atoms with van der Waals surface area (Å²) in [5.41, 5.74) is 10.6. The molecule has 3 aromatic heterocycles. The van der Waals surface area contributed by atoms with E-state index in [0.29, 0.717) is 56.0 Å². The number of aliphatic hydroxyl groups is 2. The summed E-state index contributed by atoms with van der Waals surface area (Å²) in [5.74, 6) is -1.86. The minimum atomic E-state index is -0.931. The number of allylic oxidation sites excluding steroid dienone is 3. The van der Waals surface area contributed by atoms with Crippen molar-refractivity contribution in [1.82, 2.24) is 19.9 Å². The van der Waals surface area contributed by atoms with Crippen molar-refractivity contribution < 1.29 is 50.4 Å². The molecule has 11 heteroatoms. The van der Waals surface area contributed by atoms with Crippen LogP contribution in [0, 0.1) is 13.8 Å². The fourth-order valence-electron chi connectivity index (χ4n) is 6.15. The average molecular weight is 703 g/mol. The number of carboxylic acid groups (broad SMARTS) is 2. The van der Waals surface area contributed by atoms with E-state index in [0.717, 1.165) is 33.4 Å². The minimum absolute atomic E-state index is 0. The van der Waals surface area contributed by atoms with E-state index in [4.69, 9.17) is 19.9 Å². The van der Waals surface area contributed by atoms with Crippen LogP contribution in [0.5, 0.6) is 0 Å². The van der Waals surface area contributed by atoms with Gasteiger partial charge in [-0.1, -0.05) is 41.0 Å². The van der Waals surface area contributed by atoms with Crippen LogP contribution in [0.3, 0.4) is 0 Å². The van der Waals surface area contributed by atoms with Gasteiger partial charge >= 0.3 is 32.4 Å². The summed E-state index contributed by atoms with van der Waals surface area (Å²) in [6, 6.07) is 7.25. The van der Waals surface area contributed by atoms with Gasteiger partial charge in [0.05, 0.1) is 35.0 Å². The zero-order valence-electron chi connectivity index (χ0n) is 26.0. The molecule has 8 bridgehead atoms. The standard InChI is InChI=1S/C34H38N4O6.Pd/c1-15-21(7-9-31(41)42)27-14-28-22(8-10-32(43)44)16(2)24(36-28)12-29-34(20(6)40)18(4)26(38-29)13-30-33(19(5)39)17(3)25(37-30)11-23(15)35-27;/h11-14,19-20,39-40H,7-10H2,1-6H3,(H4,35,36,37,38,41,42,43,44);/q;+2/p-2. The van der Waals surface area contributed by atoms with Crippen molar-refractivity contribution in [3.8, 4) is 0 Å². The van der Waals surface area contributed by atoms with Gasteiger partial charge in [0.25, 0.3) is 0 Å². The van der Waals surface area contributed by atoms with Gasteiger partial charge in [-0.25, -0.2) is 9.97 Å². The Morgan fingerprint density at radius 3 is 1.82 bits per heavy atom. The van der Waals surface area contributed by atoms with E-state index < -0.39 is 24.1 Å². The van der Waals surface area contributed by atoms with E-state index in [-0.39, 0.29) is 46.1 Å². The van der Waals surface area contributed by atoms with Gasteiger partial charge in [0.2, 0.25) is 0 Å². The zero-order chi connectivity index (χ0) is 32.0. The minimum Gasteiger partial charge on any atom is -0.657 e. The molecule has 0 saturated heterocycles. The van der Waals surface area contributed by atoms with Crippen LogP contribution in [-0.2, 0) is 36.4 Å². The van der Waals surface area contributed by atoms with Crippen molar-refractivity contribution in [2.45, 2.75) is 79.4 Å². The van der Waals surface area contributed by atoms with E-state index in [2.05, 4.69) is 0 Å². The largest absolute Gasteiger partial charge is 2.00 e. The zero-order valence-corrected chi connectivity index (χ0v) is 27.6. The number of carbonyl (C=O) groups is 2. The normalized spacial score (nSPS) is 14.4. The summed E-state index contributed by atoms with van der Waals surface area (Å²) in [4.78, 5) is 42.6. The van der Waals surface area contributed by atoms with Crippen LogP contribution in [0.1, 0.15) is 98.1 Å². The molecule has 45 heavy (non-hydrogen) atoms. The molecule has 10 nitrogen and oxygen atoms in total. The van der Waals surface area contributed by atoms with Crippen molar-refractivity contribution in [3.05, 3.63) is 69.3 Å². The van der Waals surface area contributed by atoms with Gasteiger partial charge in [0.1, 0.15) is 0 Å². The third kappa shape index (κ3) is 6.58. The molecule has 0 aromatic carbocycles. The molecule has 5 rings (SSSR count). The number of nitrogens with zero attached hydrogens (tertiary/aromatic N) is 4. The first-order valence-electron chi connectivity index (χ1n) is 14.6. The second-order valence-corrected chi connectivity index (χ2v) is 11.5. The van der Waals surface area contributed by atoms with Crippen LogP contribution in [0.2, 0.25) is 0 Å². The van der Waals surface area contributed by atoms with Crippen LogP contribution in [0.15, 0.2) is 24.3 Å². The number of fused-ring (bicyclic) bond motifs is 8. The van der Waals surface area contributed by atoms with Gasteiger partial charge in [0, 0.05) is 18.4 Å². The van der Waals surface area contributed by atoms with E-state index >= 15 is 0 Å². The Hall–Kier alpha value is -3.88. The number of carboxylic acids is 2. The van der Waals surface area contributed by atoms with Crippen molar-refractivity contribution in [2.24, 2.45) is 0 Å². The average Bonchev–Trinajstić information content (AvgIpc) is 3.59. The van der Waals surface area contributed by atoms with Crippen molar-refractivity contribution in [2.75, 3.05) is 0 Å². The molecule has 0 saturated carbocycles. The Morgan fingerprint density at radius 1 is 0.689 bits per heavy atom. The molecule has 2 aliphatic heterocycles. The fraction of sp³-hybridized carbons (Fsp3) is 0.353. The Labute approximate surface area is 274 Å². The SMILES string of the molecule is CC1=C(CCC(=O)O)c2cc3[n-]c(cc4nc(cc5[n-]c(cc1n2)c(C)c5C(C)O)C(C)=C4C(C)O)c(C)c3CCC(=O)O.[Pd+2]. The third-order valence-electron chi connectivity index (χ3n) is 8.49. The smallest absolute Gasteiger partial charge is 0.657 e. The van der Waals surface area contributed by atoms with Gasteiger partial charge < -0.3 is 30.4 Å². The van der Waals surface area contributed by atoms with Crippen LogP contribution in [-0.4, -0.2) is 48.4 Å². The van der Waals surface area contributed by atoms with Gasteiger partial charge in [-0.2, -0.15) is 0 Å². The van der Waals surface area contributed by atoms with E-state index in [1.54, 1.807) is 26.0 Å². The second-order valence-electron chi connectivity index (χ2n) is 11.5. The van der Waals surface area contributed by atoms with Crippen molar-refractivity contribution in [1.29, 1.82) is 0 Å². The maximum atomic E-state index is 11.5. The molecular weight excluding hydrogens is 667 g/mol. The molecule has 0 aliphatic carbocycles. The summed E-state index contributed by atoms with van der Waals surface area (Å²) in [6.45, 7) is 10.9. The monoisotopic (exact) mass is 702 g/mol. The Kier molecular flexibility index (Phi) is 10.00. The van der Waals surface area contributed by atoms with Crippen LogP contribution < -0.4 is 9.97 Å². The second kappa shape index (κ2) is 13.2. The fourth-order valence-corrected chi connectivity index (χ4v) is 6.15. The first kappa shape index (κ1) is 34.0. The summed E-state index contributed by atoms with van der Waals surface area (Å²) in [5, 5.41) is 40.4. The molecule has 3 aromatic rings. The van der Waals surface area contributed by atoms with Crippen LogP contribution in [0.4, 0.5) is 0 Å². The molecule has 238 valence electrons. The summed E-state index contributed by atoms with van der Waals surface area (Å²) in [7, 11) is 0. The Balaban J connectivity index is 0.00000461. The van der Waals surface area contributed by atoms with Crippen molar-refractivity contribution >= 4 is 56.3 Å². The van der Waals surface area contributed by atoms with Gasteiger partial charge in [-0.15, -0.1) is 22.1 Å². The molecule has 0 spiro atoms. The molecule has 2 aliphatic rings. The van der Waals surface area contributed by atoms with Gasteiger partial charge in [-0.3, -0.25) is 9.59 Å². The molecule has 2 atom stereocenters. The molecule has 0 radical (unpaired) electrons. The third-order valence-corrected chi connectivity index (χ3v) is 8.49. The first-order valence-corrected chi connectivity index (χ1v) is 14.6. The number of aromatic nitrogens is 4. The Bertz CT molecular complexity index is 1930. The topological polar surface area (TPSA) is 169 Å². The quantitative estimate of drug-likeness (QED) is 0.224. The number of hydrogen-bond donors (Lipinski definition) is 4.